The van der Waals surface area contributed by atoms with Gasteiger partial charge in [0.1, 0.15) is 22.2 Å². The van der Waals surface area contributed by atoms with E-state index in [0.29, 0.717) is 19.0 Å². The first kappa shape index (κ1) is 17.1. The van der Waals surface area contributed by atoms with Crippen LogP contribution in [0.25, 0.3) is 0 Å². The predicted molar refractivity (Wildman–Crippen MR) is 88.6 cm³/mol. The normalized spacial score (nSPS) is 11.1. The van der Waals surface area contributed by atoms with Gasteiger partial charge >= 0.3 is 0 Å². The fourth-order valence-corrected chi connectivity index (χ4v) is 3.20. The van der Waals surface area contributed by atoms with Crippen molar-refractivity contribution in [3.63, 3.8) is 0 Å². The van der Waals surface area contributed by atoms with Crippen LogP contribution >= 0.6 is 0 Å². The fraction of sp³-hybridized carbons (Fsp3) is 0.312. The van der Waals surface area contributed by atoms with Crippen LogP contribution in [0.2, 0.25) is 0 Å². The van der Waals surface area contributed by atoms with Gasteiger partial charge in [-0.25, -0.2) is 13.4 Å². The Morgan fingerprint density at radius 1 is 1.09 bits per heavy atom. The summed E-state index contributed by atoms with van der Waals surface area (Å²) < 4.78 is 38.8. The third-order valence-electron chi connectivity index (χ3n) is 3.03. The summed E-state index contributed by atoms with van der Waals surface area (Å²) in [5.74, 6) is 1.04. The number of aromatic nitrogens is 1. The van der Waals surface area contributed by atoms with E-state index in [1.165, 1.54) is 12.3 Å². The van der Waals surface area contributed by atoms with Gasteiger partial charge in [-0.3, -0.25) is 4.72 Å². The highest BCUT2D eigenvalue weighted by Gasteiger charge is 2.22. The quantitative estimate of drug-likeness (QED) is 0.841. The highest BCUT2D eigenvalue weighted by molar-refractivity contribution is 7.92. The van der Waals surface area contributed by atoms with Crippen molar-refractivity contribution in [1.29, 1.82) is 0 Å². The number of aryl methyl sites for hydroxylation is 1. The molecule has 0 fully saturated rings. The lowest BCUT2D eigenvalue weighted by atomic mass is 10.2. The molecule has 2 aromatic rings. The SMILES string of the molecule is CCOc1cc(S(=O)(=O)Nc2ccccn2)c(OCC)cc1C. The lowest BCUT2D eigenvalue weighted by molar-refractivity contribution is 0.321. The molecule has 6 nitrogen and oxygen atoms in total. The topological polar surface area (TPSA) is 77.5 Å². The highest BCUT2D eigenvalue weighted by Crippen LogP contribution is 2.33. The molecule has 7 heteroatoms. The Bertz CT molecular complexity index is 761. The second kappa shape index (κ2) is 7.32. The van der Waals surface area contributed by atoms with Crippen LogP contribution < -0.4 is 14.2 Å². The summed E-state index contributed by atoms with van der Waals surface area (Å²) >= 11 is 0. The zero-order chi connectivity index (χ0) is 16.9. The van der Waals surface area contributed by atoms with Gasteiger partial charge in [-0.15, -0.1) is 0 Å². The summed E-state index contributed by atoms with van der Waals surface area (Å²) in [5.41, 5.74) is 0.812. The molecule has 1 aromatic carbocycles. The molecule has 0 aliphatic rings. The van der Waals surface area contributed by atoms with E-state index in [9.17, 15) is 8.42 Å². The van der Waals surface area contributed by atoms with E-state index in [1.54, 1.807) is 31.2 Å². The van der Waals surface area contributed by atoms with Crippen LogP contribution in [0, 0.1) is 6.92 Å². The molecule has 0 aliphatic heterocycles. The number of hydrogen-bond acceptors (Lipinski definition) is 5. The van der Waals surface area contributed by atoms with Gasteiger partial charge in [0.05, 0.1) is 13.2 Å². The van der Waals surface area contributed by atoms with Crippen molar-refractivity contribution in [3.05, 3.63) is 42.1 Å². The number of hydrogen-bond donors (Lipinski definition) is 1. The summed E-state index contributed by atoms with van der Waals surface area (Å²) in [4.78, 5) is 4.01. The van der Waals surface area contributed by atoms with Gasteiger partial charge in [-0.1, -0.05) is 6.07 Å². The maximum absolute atomic E-state index is 12.7. The Labute approximate surface area is 136 Å². The van der Waals surface area contributed by atoms with E-state index in [0.717, 1.165) is 5.56 Å². The number of sulfonamides is 1. The van der Waals surface area contributed by atoms with Gasteiger partial charge in [-0.2, -0.15) is 0 Å². The van der Waals surface area contributed by atoms with Crippen LogP contribution in [-0.4, -0.2) is 26.6 Å². The first-order valence-corrected chi connectivity index (χ1v) is 8.80. The monoisotopic (exact) mass is 336 g/mol. The van der Waals surface area contributed by atoms with Crippen molar-refractivity contribution in [3.8, 4) is 11.5 Å². The largest absolute Gasteiger partial charge is 0.494 e. The molecule has 0 bridgehead atoms. The molecule has 0 saturated carbocycles. The lowest BCUT2D eigenvalue weighted by Crippen LogP contribution is -2.16. The van der Waals surface area contributed by atoms with E-state index < -0.39 is 10.0 Å². The average Bonchev–Trinajstić information content (AvgIpc) is 2.50. The molecule has 1 heterocycles. The molecule has 1 N–H and O–H groups in total. The number of rotatable bonds is 7. The molecule has 23 heavy (non-hydrogen) atoms. The number of pyridine rings is 1. The molecule has 0 unspecified atom stereocenters. The Hall–Kier alpha value is -2.28. The van der Waals surface area contributed by atoms with Crippen molar-refractivity contribution < 1.29 is 17.9 Å². The second-order valence-corrected chi connectivity index (χ2v) is 6.40. The van der Waals surface area contributed by atoms with Crippen LogP contribution in [0.4, 0.5) is 5.82 Å². The molecule has 0 amide bonds. The van der Waals surface area contributed by atoms with Crippen LogP contribution in [0.5, 0.6) is 11.5 Å². The van der Waals surface area contributed by atoms with Crippen LogP contribution in [0.3, 0.4) is 0 Å². The molecule has 2 rings (SSSR count). The Balaban J connectivity index is 2.48. The molecule has 124 valence electrons. The number of nitrogens with one attached hydrogen (secondary N) is 1. The number of ether oxygens (including phenoxy) is 2. The number of benzene rings is 1. The number of nitrogens with zero attached hydrogens (tertiary/aromatic N) is 1. The van der Waals surface area contributed by atoms with Gasteiger partial charge in [0.15, 0.2) is 0 Å². The van der Waals surface area contributed by atoms with E-state index >= 15 is 0 Å². The zero-order valence-electron chi connectivity index (χ0n) is 13.4. The summed E-state index contributed by atoms with van der Waals surface area (Å²) in [6.07, 6.45) is 1.52. The van der Waals surface area contributed by atoms with Crippen LogP contribution in [-0.2, 0) is 10.0 Å². The third kappa shape index (κ3) is 4.13. The molecule has 1 aromatic heterocycles. The first-order chi connectivity index (χ1) is 11.0. The standard InChI is InChI=1S/C16H20N2O4S/c1-4-21-13-11-15(14(22-5-2)10-12(13)3)23(19,20)18-16-8-6-7-9-17-16/h6-11H,4-5H2,1-3H3,(H,17,18). The average molecular weight is 336 g/mol. The maximum atomic E-state index is 12.7. The van der Waals surface area contributed by atoms with Crippen molar-refractivity contribution in [2.45, 2.75) is 25.7 Å². The summed E-state index contributed by atoms with van der Waals surface area (Å²) in [6, 6.07) is 8.14. The minimum Gasteiger partial charge on any atom is -0.494 e. The van der Waals surface area contributed by atoms with E-state index in [-0.39, 0.29) is 16.5 Å². The van der Waals surface area contributed by atoms with Gasteiger partial charge < -0.3 is 9.47 Å². The zero-order valence-corrected chi connectivity index (χ0v) is 14.2. The van der Waals surface area contributed by atoms with E-state index in [1.807, 2.05) is 13.8 Å². The molecule has 0 atom stereocenters. The van der Waals surface area contributed by atoms with Crippen molar-refractivity contribution in [2.24, 2.45) is 0 Å². The molecule has 0 aliphatic carbocycles. The van der Waals surface area contributed by atoms with Gasteiger partial charge in [-0.05, 0) is 44.5 Å². The minimum absolute atomic E-state index is 0.0269. The Kier molecular flexibility index (Phi) is 5.44. The molecule has 0 saturated heterocycles. The Morgan fingerprint density at radius 2 is 1.78 bits per heavy atom. The smallest absolute Gasteiger partial charge is 0.266 e. The lowest BCUT2D eigenvalue weighted by Gasteiger charge is -2.15. The highest BCUT2D eigenvalue weighted by atomic mass is 32.2. The van der Waals surface area contributed by atoms with Crippen molar-refractivity contribution in [1.82, 2.24) is 4.98 Å². The third-order valence-corrected chi connectivity index (χ3v) is 4.41. The fourth-order valence-electron chi connectivity index (χ4n) is 2.05. The Morgan fingerprint density at radius 3 is 2.39 bits per heavy atom. The predicted octanol–water partition coefficient (Wildman–Crippen LogP) is 2.99. The van der Waals surface area contributed by atoms with Crippen LogP contribution in [0.1, 0.15) is 19.4 Å². The van der Waals surface area contributed by atoms with Gasteiger partial charge in [0.25, 0.3) is 10.0 Å². The maximum Gasteiger partial charge on any atom is 0.266 e. The van der Waals surface area contributed by atoms with Crippen molar-refractivity contribution >= 4 is 15.8 Å². The van der Waals surface area contributed by atoms with Crippen molar-refractivity contribution in [2.75, 3.05) is 17.9 Å². The summed E-state index contributed by atoms with van der Waals surface area (Å²) in [5, 5.41) is 0. The van der Waals surface area contributed by atoms with Gasteiger partial charge in [0, 0.05) is 12.3 Å². The molecular formula is C16H20N2O4S. The molecular weight excluding hydrogens is 316 g/mol. The number of anilines is 1. The molecule has 0 spiro atoms. The second-order valence-electron chi connectivity index (χ2n) is 4.75. The summed E-state index contributed by atoms with van der Waals surface area (Å²) in [6.45, 7) is 6.29. The van der Waals surface area contributed by atoms with E-state index in [2.05, 4.69) is 9.71 Å². The van der Waals surface area contributed by atoms with Crippen LogP contribution in [0.15, 0.2) is 41.4 Å². The first-order valence-electron chi connectivity index (χ1n) is 7.32. The molecule has 0 radical (unpaired) electrons. The van der Waals surface area contributed by atoms with Gasteiger partial charge in [0.2, 0.25) is 0 Å². The minimum atomic E-state index is -3.84. The van der Waals surface area contributed by atoms with E-state index in [4.69, 9.17) is 9.47 Å². The summed E-state index contributed by atoms with van der Waals surface area (Å²) in [7, 11) is -3.84.